The number of carbonyl (C=O) groups is 1. The molecule has 1 aromatic carbocycles. The van der Waals surface area contributed by atoms with Gasteiger partial charge in [-0.1, -0.05) is 15.9 Å². The summed E-state index contributed by atoms with van der Waals surface area (Å²) < 4.78 is 38.0. The number of rotatable bonds is 2. The van der Waals surface area contributed by atoms with Crippen LogP contribution in [0.2, 0.25) is 0 Å². The van der Waals surface area contributed by atoms with Gasteiger partial charge in [-0.15, -0.1) is 0 Å². The highest BCUT2D eigenvalue weighted by molar-refractivity contribution is 9.10. The molecular weight excluding hydrogens is 315 g/mol. The SMILES string of the molecule is Cc1cc(Br)ccc1NC(=O)C(C)(O)C(F)(F)F. The maximum Gasteiger partial charge on any atom is 0.426 e. The summed E-state index contributed by atoms with van der Waals surface area (Å²) >= 11 is 3.19. The molecule has 1 amide bonds. The molecule has 0 aliphatic heterocycles. The second kappa shape index (κ2) is 4.89. The van der Waals surface area contributed by atoms with Gasteiger partial charge in [0.15, 0.2) is 0 Å². The molecule has 100 valence electrons. The zero-order chi connectivity index (χ0) is 14.1. The predicted molar refractivity (Wildman–Crippen MR) is 64.2 cm³/mol. The van der Waals surface area contributed by atoms with Crippen molar-refractivity contribution in [2.24, 2.45) is 0 Å². The van der Waals surface area contributed by atoms with Crippen LogP contribution in [0.15, 0.2) is 22.7 Å². The second-order valence-corrected chi connectivity index (χ2v) is 4.90. The molecule has 0 radical (unpaired) electrons. The number of alkyl halides is 3. The third-order valence-corrected chi connectivity index (χ3v) is 2.92. The highest BCUT2D eigenvalue weighted by Crippen LogP contribution is 2.31. The lowest BCUT2D eigenvalue weighted by atomic mass is 10.1. The zero-order valence-corrected chi connectivity index (χ0v) is 11.2. The summed E-state index contributed by atoms with van der Waals surface area (Å²) in [5.74, 6) is -1.51. The van der Waals surface area contributed by atoms with Crippen LogP contribution in [0.1, 0.15) is 12.5 Å². The summed E-state index contributed by atoms with van der Waals surface area (Å²) in [6.07, 6.45) is -5.03. The van der Waals surface area contributed by atoms with Crippen LogP contribution in [0.25, 0.3) is 0 Å². The largest absolute Gasteiger partial charge is 0.426 e. The van der Waals surface area contributed by atoms with Crippen LogP contribution in [0.5, 0.6) is 0 Å². The Morgan fingerprint density at radius 2 is 1.94 bits per heavy atom. The van der Waals surface area contributed by atoms with E-state index >= 15 is 0 Å². The molecule has 0 aromatic heterocycles. The van der Waals surface area contributed by atoms with Gasteiger partial charge in [-0.2, -0.15) is 13.2 Å². The monoisotopic (exact) mass is 325 g/mol. The number of hydrogen-bond acceptors (Lipinski definition) is 2. The summed E-state index contributed by atoms with van der Waals surface area (Å²) in [6, 6.07) is 4.66. The van der Waals surface area contributed by atoms with Crippen LogP contribution in [0.3, 0.4) is 0 Å². The molecule has 0 heterocycles. The number of aliphatic hydroxyl groups is 1. The minimum atomic E-state index is -5.03. The fraction of sp³-hybridized carbons (Fsp3) is 0.364. The summed E-state index contributed by atoms with van der Waals surface area (Å²) in [7, 11) is 0. The summed E-state index contributed by atoms with van der Waals surface area (Å²) in [5, 5.41) is 11.2. The van der Waals surface area contributed by atoms with Crippen molar-refractivity contribution >= 4 is 27.5 Å². The number of amides is 1. The Bertz CT molecular complexity index is 472. The van der Waals surface area contributed by atoms with E-state index in [4.69, 9.17) is 0 Å². The first-order valence-corrected chi connectivity index (χ1v) is 5.71. The van der Waals surface area contributed by atoms with E-state index in [0.717, 1.165) is 4.47 Å². The molecule has 7 heteroatoms. The minimum absolute atomic E-state index is 0.215. The number of anilines is 1. The van der Waals surface area contributed by atoms with Crippen molar-refractivity contribution in [1.82, 2.24) is 0 Å². The second-order valence-electron chi connectivity index (χ2n) is 3.98. The number of benzene rings is 1. The normalized spacial score (nSPS) is 15.1. The summed E-state index contributed by atoms with van der Waals surface area (Å²) in [5.41, 5.74) is -2.63. The van der Waals surface area contributed by atoms with E-state index in [1.807, 2.05) is 0 Å². The van der Waals surface area contributed by atoms with Gasteiger partial charge >= 0.3 is 6.18 Å². The third kappa shape index (κ3) is 3.02. The highest BCUT2D eigenvalue weighted by atomic mass is 79.9. The topological polar surface area (TPSA) is 49.3 Å². The molecule has 0 saturated carbocycles. The number of carbonyl (C=O) groups excluding carboxylic acids is 1. The van der Waals surface area contributed by atoms with E-state index in [1.54, 1.807) is 19.1 Å². The quantitative estimate of drug-likeness (QED) is 0.878. The molecule has 2 N–H and O–H groups in total. The van der Waals surface area contributed by atoms with Crippen molar-refractivity contribution < 1.29 is 23.1 Å². The van der Waals surface area contributed by atoms with Gasteiger partial charge in [0.2, 0.25) is 5.60 Å². The van der Waals surface area contributed by atoms with Crippen LogP contribution in [-0.4, -0.2) is 22.8 Å². The van der Waals surface area contributed by atoms with Crippen LogP contribution in [0.4, 0.5) is 18.9 Å². The Morgan fingerprint density at radius 1 is 1.39 bits per heavy atom. The van der Waals surface area contributed by atoms with Gasteiger partial charge in [0.25, 0.3) is 5.91 Å². The van der Waals surface area contributed by atoms with Gasteiger partial charge in [-0.05, 0) is 37.6 Å². The summed E-state index contributed by atoms with van der Waals surface area (Å²) in [4.78, 5) is 11.4. The zero-order valence-electron chi connectivity index (χ0n) is 9.60. The first-order chi connectivity index (χ1) is 8.05. The highest BCUT2D eigenvalue weighted by Gasteiger charge is 2.55. The molecule has 0 saturated heterocycles. The molecule has 1 atom stereocenters. The van der Waals surface area contributed by atoms with E-state index in [0.29, 0.717) is 12.5 Å². The van der Waals surface area contributed by atoms with Gasteiger partial charge in [-0.3, -0.25) is 4.79 Å². The Hall–Kier alpha value is -1.08. The number of nitrogens with one attached hydrogen (secondary N) is 1. The van der Waals surface area contributed by atoms with Crippen LogP contribution in [0, 0.1) is 6.92 Å². The fourth-order valence-electron chi connectivity index (χ4n) is 1.14. The minimum Gasteiger partial charge on any atom is -0.373 e. The van der Waals surface area contributed by atoms with E-state index in [1.165, 1.54) is 6.07 Å². The molecule has 1 unspecified atom stereocenters. The van der Waals surface area contributed by atoms with Gasteiger partial charge in [0, 0.05) is 10.2 Å². The van der Waals surface area contributed by atoms with E-state index in [-0.39, 0.29) is 5.69 Å². The van der Waals surface area contributed by atoms with Gasteiger partial charge < -0.3 is 10.4 Å². The first kappa shape index (κ1) is 15.0. The van der Waals surface area contributed by atoms with Crippen molar-refractivity contribution in [3.63, 3.8) is 0 Å². The van der Waals surface area contributed by atoms with Crippen molar-refractivity contribution in [3.8, 4) is 0 Å². The molecule has 1 rings (SSSR count). The molecule has 1 aromatic rings. The van der Waals surface area contributed by atoms with Gasteiger partial charge in [0.05, 0.1) is 0 Å². The van der Waals surface area contributed by atoms with Crippen LogP contribution < -0.4 is 5.32 Å². The standard InChI is InChI=1S/C11H11BrF3NO2/c1-6-5-7(12)3-4-8(6)16-9(17)10(2,18)11(13,14)15/h3-5,18H,1-2H3,(H,16,17). The molecular formula is C11H11BrF3NO2. The maximum absolute atomic E-state index is 12.4. The fourth-order valence-corrected chi connectivity index (χ4v) is 1.62. The molecule has 3 nitrogen and oxygen atoms in total. The van der Waals surface area contributed by atoms with Gasteiger partial charge in [-0.25, -0.2) is 0 Å². The van der Waals surface area contributed by atoms with Gasteiger partial charge in [0.1, 0.15) is 0 Å². The average Bonchev–Trinajstić information content (AvgIpc) is 2.20. The molecule has 0 bridgehead atoms. The molecule has 0 aliphatic rings. The Kier molecular flexibility index (Phi) is 4.07. The van der Waals surface area contributed by atoms with Crippen LogP contribution >= 0.6 is 15.9 Å². The van der Waals surface area contributed by atoms with E-state index in [9.17, 15) is 23.1 Å². The van der Waals surface area contributed by atoms with E-state index in [2.05, 4.69) is 21.2 Å². The lowest BCUT2D eigenvalue weighted by molar-refractivity contribution is -0.242. The third-order valence-electron chi connectivity index (χ3n) is 2.43. The first-order valence-electron chi connectivity index (χ1n) is 4.92. The van der Waals surface area contributed by atoms with Crippen molar-refractivity contribution in [1.29, 1.82) is 0 Å². The van der Waals surface area contributed by atoms with Crippen molar-refractivity contribution in [3.05, 3.63) is 28.2 Å². The Balaban J connectivity index is 2.95. The molecule has 0 fully saturated rings. The van der Waals surface area contributed by atoms with Crippen LogP contribution in [-0.2, 0) is 4.79 Å². The molecule has 0 spiro atoms. The average molecular weight is 326 g/mol. The summed E-state index contributed by atoms with van der Waals surface area (Å²) in [6.45, 7) is 2.04. The maximum atomic E-state index is 12.4. The number of aryl methyl sites for hydroxylation is 1. The number of halogens is 4. The number of hydrogen-bond donors (Lipinski definition) is 2. The molecule has 18 heavy (non-hydrogen) atoms. The Morgan fingerprint density at radius 3 is 2.39 bits per heavy atom. The Labute approximate surface area is 110 Å². The molecule has 0 aliphatic carbocycles. The lowest BCUT2D eigenvalue weighted by Crippen LogP contribution is -2.52. The lowest BCUT2D eigenvalue weighted by Gasteiger charge is -2.25. The smallest absolute Gasteiger partial charge is 0.373 e. The van der Waals surface area contributed by atoms with E-state index < -0.39 is 17.7 Å². The van der Waals surface area contributed by atoms with Crippen molar-refractivity contribution in [2.75, 3.05) is 5.32 Å². The van der Waals surface area contributed by atoms with Crippen molar-refractivity contribution in [2.45, 2.75) is 25.6 Å². The predicted octanol–water partition coefficient (Wildman–Crippen LogP) is 3.01.